The quantitative estimate of drug-likeness (QED) is 0.718. The molecule has 2 heterocycles. The first kappa shape index (κ1) is 12.3. The first-order valence-electron chi connectivity index (χ1n) is 6.26. The molecule has 0 saturated carbocycles. The average molecular weight is 235 g/mol. The highest BCUT2D eigenvalue weighted by Crippen LogP contribution is 2.14. The molecule has 0 aromatic carbocycles. The zero-order valence-electron chi connectivity index (χ0n) is 10.5. The van der Waals surface area contributed by atoms with Crippen LogP contribution >= 0.6 is 0 Å². The Kier molecular flexibility index (Phi) is 4.76. The van der Waals surface area contributed by atoms with Crippen molar-refractivity contribution in [2.45, 2.75) is 6.42 Å². The van der Waals surface area contributed by atoms with Gasteiger partial charge in [-0.3, -0.25) is 9.88 Å². The molecule has 1 saturated heterocycles. The number of ether oxygens (including phenoxy) is 1. The summed E-state index contributed by atoms with van der Waals surface area (Å²) in [7, 11) is 1.77. The van der Waals surface area contributed by atoms with E-state index in [-0.39, 0.29) is 0 Å². The second-order valence-electron chi connectivity index (χ2n) is 4.38. The van der Waals surface area contributed by atoms with Gasteiger partial charge in [0.1, 0.15) is 0 Å². The Bertz CT molecular complexity index is 310. The van der Waals surface area contributed by atoms with Crippen LogP contribution in [-0.4, -0.2) is 56.3 Å². The van der Waals surface area contributed by atoms with Gasteiger partial charge < -0.3 is 9.64 Å². The lowest BCUT2D eigenvalue weighted by Gasteiger charge is -2.36. The normalized spacial score (nSPS) is 17.4. The van der Waals surface area contributed by atoms with Crippen LogP contribution in [0.2, 0.25) is 0 Å². The van der Waals surface area contributed by atoms with Gasteiger partial charge in [0.25, 0.3) is 0 Å². The van der Waals surface area contributed by atoms with Crippen LogP contribution in [0.25, 0.3) is 0 Å². The molecule has 0 spiro atoms. The number of anilines is 1. The third kappa shape index (κ3) is 3.68. The molecule has 1 aromatic heterocycles. The molecular weight excluding hydrogens is 214 g/mol. The third-order valence-corrected chi connectivity index (χ3v) is 3.22. The number of piperazine rings is 1. The van der Waals surface area contributed by atoms with Gasteiger partial charge in [0.2, 0.25) is 0 Å². The van der Waals surface area contributed by atoms with Gasteiger partial charge in [-0.05, 0) is 18.6 Å². The molecule has 0 bridgehead atoms. The number of pyridine rings is 1. The lowest BCUT2D eigenvalue weighted by molar-refractivity contribution is 0.169. The minimum Gasteiger partial charge on any atom is -0.385 e. The molecule has 1 aromatic rings. The maximum absolute atomic E-state index is 5.08. The van der Waals surface area contributed by atoms with E-state index in [4.69, 9.17) is 4.74 Å². The first-order chi connectivity index (χ1) is 8.40. The van der Waals surface area contributed by atoms with Crippen molar-refractivity contribution in [2.75, 3.05) is 51.3 Å². The fraction of sp³-hybridized carbons (Fsp3) is 0.615. The highest BCUT2D eigenvalue weighted by molar-refractivity contribution is 5.44. The summed E-state index contributed by atoms with van der Waals surface area (Å²) in [4.78, 5) is 8.99. The average Bonchev–Trinajstić information content (AvgIpc) is 2.41. The Morgan fingerprint density at radius 2 is 1.88 bits per heavy atom. The Balaban J connectivity index is 1.74. The second-order valence-corrected chi connectivity index (χ2v) is 4.38. The molecule has 0 radical (unpaired) electrons. The molecule has 1 aliphatic rings. The maximum atomic E-state index is 5.08. The van der Waals surface area contributed by atoms with Crippen molar-refractivity contribution in [1.82, 2.24) is 9.88 Å². The predicted molar refractivity (Wildman–Crippen MR) is 69.4 cm³/mol. The maximum Gasteiger partial charge on any atom is 0.0474 e. The molecule has 0 N–H and O–H groups in total. The molecule has 0 atom stereocenters. The SMILES string of the molecule is COCCCN1CCN(c2ccncc2)CC1. The summed E-state index contributed by atoms with van der Waals surface area (Å²) in [5, 5.41) is 0. The van der Waals surface area contributed by atoms with Crippen LogP contribution in [-0.2, 0) is 4.74 Å². The third-order valence-electron chi connectivity index (χ3n) is 3.22. The lowest BCUT2D eigenvalue weighted by atomic mass is 10.2. The van der Waals surface area contributed by atoms with Crippen LogP contribution in [0.1, 0.15) is 6.42 Å². The van der Waals surface area contributed by atoms with Gasteiger partial charge in [0.15, 0.2) is 0 Å². The highest BCUT2D eigenvalue weighted by atomic mass is 16.5. The summed E-state index contributed by atoms with van der Waals surface area (Å²) in [6.07, 6.45) is 4.85. The molecule has 1 fully saturated rings. The van der Waals surface area contributed by atoms with E-state index in [2.05, 4.69) is 26.9 Å². The van der Waals surface area contributed by atoms with E-state index >= 15 is 0 Å². The van der Waals surface area contributed by atoms with E-state index < -0.39 is 0 Å². The van der Waals surface area contributed by atoms with Gasteiger partial charge in [-0.25, -0.2) is 0 Å². The van der Waals surface area contributed by atoms with Gasteiger partial charge >= 0.3 is 0 Å². The van der Waals surface area contributed by atoms with Gasteiger partial charge in [-0.15, -0.1) is 0 Å². The summed E-state index contributed by atoms with van der Waals surface area (Å²) >= 11 is 0. The highest BCUT2D eigenvalue weighted by Gasteiger charge is 2.16. The second kappa shape index (κ2) is 6.57. The Morgan fingerprint density at radius 3 is 2.53 bits per heavy atom. The summed E-state index contributed by atoms with van der Waals surface area (Å²) in [5.41, 5.74) is 1.29. The zero-order chi connectivity index (χ0) is 11.9. The van der Waals surface area contributed by atoms with E-state index in [0.29, 0.717) is 0 Å². The van der Waals surface area contributed by atoms with Crippen LogP contribution in [0.15, 0.2) is 24.5 Å². The van der Waals surface area contributed by atoms with Crippen LogP contribution < -0.4 is 4.90 Å². The van der Waals surface area contributed by atoms with E-state index in [1.54, 1.807) is 7.11 Å². The van der Waals surface area contributed by atoms with Crippen molar-refractivity contribution in [3.05, 3.63) is 24.5 Å². The standard InChI is InChI=1S/C13H21N3O/c1-17-12-2-7-15-8-10-16(11-9-15)13-3-5-14-6-4-13/h3-6H,2,7-12H2,1H3. The summed E-state index contributed by atoms with van der Waals surface area (Å²) < 4.78 is 5.08. The van der Waals surface area contributed by atoms with Crippen LogP contribution in [0, 0.1) is 0 Å². The fourth-order valence-corrected chi connectivity index (χ4v) is 2.22. The van der Waals surface area contributed by atoms with Crippen molar-refractivity contribution in [1.29, 1.82) is 0 Å². The van der Waals surface area contributed by atoms with Gasteiger partial charge in [-0.1, -0.05) is 0 Å². The summed E-state index contributed by atoms with van der Waals surface area (Å²) in [6, 6.07) is 4.17. The largest absolute Gasteiger partial charge is 0.385 e. The van der Waals surface area contributed by atoms with Gasteiger partial charge in [0.05, 0.1) is 0 Å². The molecule has 0 amide bonds. The molecule has 0 unspecified atom stereocenters. The number of nitrogens with zero attached hydrogens (tertiary/aromatic N) is 3. The first-order valence-corrected chi connectivity index (χ1v) is 6.26. The monoisotopic (exact) mass is 235 g/mol. The molecule has 2 rings (SSSR count). The fourth-order valence-electron chi connectivity index (χ4n) is 2.22. The van der Waals surface area contributed by atoms with Crippen molar-refractivity contribution in [3.8, 4) is 0 Å². The lowest BCUT2D eigenvalue weighted by Crippen LogP contribution is -2.46. The molecule has 4 nitrogen and oxygen atoms in total. The molecule has 94 valence electrons. The van der Waals surface area contributed by atoms with Crippen molar-refractivity contribution < 1.29 is 4.74 Å². The smallest absolute Gasteiger partial charge is 0.0474 e. The van der Waals surface area contributed by atoms with Crippen molar-refractivity contribution >= 4 is 5.69 Å². The van der Waals surface area contributed by atoms with Crippen molar-refractivity contribution in [2.24, 2.45) is 0 Å². The van der Waals surface area contributed by atoms with E-state index in [0.717, 1.165) is 45.8 Å². The topological polar surface area (TPSA) is 28.6 Å². The number of aromatic nitrogens is 1. The van der Waals surface area contributed by atoms with Gasteiger partial charge in [-0.2, -0.15) is 0 Å². The van der Waals surface area contributed by atoms with E-state index in [1.165, 1.54) is 5.69 Å². The number of hydrogen-bond donors (Lipinski definition) is 0. The van der Waals surface area contributed by atoms with Gasteiger partial charge in [0, 0.05) is 64.5 Å². The zero-order valence-corrected chi connectivity index (χ0v) is 10.5. The summed E-state index contributed by atoms with van der Waals surface area (Å²) in [5.74, 6) is 0. The predicted octanol–water partition coefficient (Wildman–Crippen LogP) is 1.24. The van der Waals surface area contributed by atoms with Crippen LogP contribution in [0.3, 0.4) is 0 Å². The minimum atomic E-state index is 0.866. The van der Waals surface area contributed by atoms with Crippen LogP contribution in [0.5, 0.6) is 0 Å². The Morgan fingerprint density at radius 1 is 1.18 bits per heavy atom. The number of methoxy groups -OCH3 is 1. The molecule has 17 heavy (non-hydrogen) atoms. The summed E-state index contributed by atoms with van der Waals surface area (Å²) in [6.45, 7) is 6.52. The Hall–Kier alpha value is -1.13. The van der Waals surface area contributed by atoms with E-state index in [1.807, 2.05) is 12.4 Å². The van der Waals surface area contributed by atoms with Crippen molar-refractivity contribution in [3.63, 3.8) is 0 Å². The minimum absolute atomic E-state index is 0.866. The Labute approximate surface area is 103 Å². The molecule has 0 aliphatic carbocycles. The molecule has 1 aliphatic heterocycles. The number of rotatable bonds is 5. The molecule has 4 heteroatoms. The van der Waals surface area contributed by atoms with Crippen LogP contribution in [0.4, 0.5) is 5.69 Å². The molecular formula is C13H21N3O. The number of hydrogen-bond acceptors (Lipinski definition) is 4. The van der Waals surface area contributed by atoms with E-state index in [9.17, 15) is 0 Å².